The highest BCUT2D eigenvalue weighted by atomic mass is 35.5. The van der Waals surface area contributed by atoms with E-state index in [1.54, 1.807) is 24.3 Å². The number of thiophene rings is 1. The molecule has 1 aliphatic carbocycles. The van der Waals surface area contributed by atoms with Gasteiger partial charge in [0.15, 0.2) is 6.61 Å². The van der Waals surface area contributed by atoms with Crippen LogP contribution in [0, 0.1) is 17.2 Å². The number of amides is 1. The van der Waals surface area contributed by atoms with Crippen LogP contribution in [0.1, 0.15) is 29.3 Å². The molecule has 1 N–H and O–H groups in total. The zero-order valence-electron chi connectivity index (χ0n) is 13.3. The Kier molecular flexibility index (Phi) is 5.08. The van der Waals surface area contributed by atoms with Crippen molar-refractivity contribution in [1.82, 2.24) is 0 Å². The third-order valence-electron chi connectivity index (χ3n) is 4.04. The fourth-order valence-electron chi connectivity index (χ4n) is 2.83. The van der Waals surface area contributed by atoms with Crippen LogP contribution in [0.25, 0.3) is 0 Å². The lowest BCUT2D eigenvalue weighted by Crippen LogP contribution is -2.20. The number of benzene rings is 1. The van der Waals surface area contributed by atoms with Gasteiger partial charge in [0.25, 0.3) is 5.91 Å². The summed E-state index contributed by atoms with van der Waals surface area (Å²) in [5.41, 5.74) is 1.71. The zero-order valence-corrected chi connectivity index (χ0v) is 14.8. The molecule has 1 amide bonds. The van der Waals surface area contributed by atoms with Gasteiger partial charge >= 0.3 is 0 Å². The van der Waals surface area contributed by atoms with Crippen molar-refractivity contribution < 1.29 is 9.53 Å². The van der Waals surface area contributed by atoms with Crippen molar-refractivity contribution in [2.24, 2.45) is 5.92 Å². The molecule has 4 nitrogen and oxygen atoms in total. The topological polar surface area (TPSA) is 62.1 Å². The first-order valence-corrected chi connectivity index (χ1v) is 8.99. The highest BCUT2D eigenvalue weighted by Gasteiger charge is 2.24. The van der Waals surface area contributed by atoms with Crippen LogP contribution in [0.5, 0.6) is 5.75 Å². The van der Waals surface area contributed by atoms with Gasteiger partial charge in [0.05, 0.1) is 5.56 Å². The standard InChI is InChI=1S/C18H17ClN2O2S/c1-11-5-6-14-15(9-20)18(24-16(14)7-11)21-17(22)10-23-13-4-2-3-12(19)8-13/h2-4,8,11H,5-7,10H2,1H3,(H,21,22)/t11-/m0/s1. The quantitative estimate of drug-likeness (QED) is 0.878. The van der Waals surface area contributed by atoms with Gasteiger partial charge in [-0.3, -0.25) is 4.79 Å². The van der Waals surface area contributed by atoms with Crippen molar-refractivity contribution in [2.45, 2.75) is 26.2 Å². The third kappa shape index (κ3) is 3.72. The Morgan fingerprint density at radius 3 is 3.12 bits per heavy atom. The van der Waals surface area contributed by atoms with Crippen molar-refractivity contribution in [1.29, 1.82) is 5.26 Å². The third-order valence-corrected chi connectivity index (χ3v) is 5.45. The highest BCUT2D eigenvalue weighted by Crippen LogP contribution is 2.39. The molecule has 0 bridgehead atoms. The fourth-order valence-corrected chi connectivity index (χ4v) is 4.38. The number of anilines is 1. The number of hydrogen-bond donors (Lipinski definition) is 1. The molecule has 0 saturated carbocycles. The number of nitriles is 1. The molecule has 6 heteroatoms. The van der Waals surface area contributed by atoms with Gasteiger partial charge in [-0.05, 0) is 48.9 Å². The second-order valence-electron chi connectivity index (χ2n) is 5.96. The van der Waals surface area contributed by atoms with Gasteiger partial charge in [-0.2, -0.15) is 5.26 Å². The number of carbonyl (C=O) groups is 1. The predicted octanol–water partition coefficient (Wildman–Crippen LogP) is 4.42. The van der Waals surface area contributed by atoms with E-state index >= 15 is 0 Å². The molecule has 0 aliphatic heterocycles. The molecular formula is C18H17ClN2O2S. The highest BCUT2D eigenvalue weighted by molar-refractivity contribution is 7.16. The zero-order chi connectivity index (χ0) is 17.1. The molecule has 0 unspecified atom stereocenters. The summed E-state index contributed by atoms with van der Waals surface area (Å²) in [7, 11) is 0. The number of carbonyl (C=O) groups excluding carboxylic acids is 1. The minimum atomic E-state index is -0.280. The lowest BCUT2D eigenvalue weighted by molar-refractivity contribution is -0.118. The van der Waals surface area contributed by atoms with Crippen molar-refractivity contribution >= 4 is 33.8 Å². The minimum Gasteiger partial charge on any atom is -0.484 e. The van der Waals surface area contributed by atoms with Crippen LogP contribution in [0.2, 0.25) is 5.02 Å². The van der Waals surface area contributed by atoms with E-state index in [1.165, 1.54) is 16.2 Å². The Hall–Kier alpha value is -2.03. The van der Waals surface area contributed by atoms with Gasteiger partial charge in [0.1, 0.15) is 16.8 Å². The second-order valence-corrected chi connectivity index (χ2v) is 7.50. The van der Waals surface area contributed by atoms with Crippen molar-refractivity contribution in [3.8, 4) is 11.8 Å². The van der Waals surface area contributed by atoms with E-state index < -0.39 is 0 Å². The molecule has 1 aliphatic rings. The summed E-state index contributed by atoms with van der Waals surface area (Å²) in [6.07, 6.45) is 2.97. The Morgan fingerprint density at radius 1 is 1.54 bits per heavy atom. The van der Waals surface area contributed by atoms with Gasteiger partial charge in [-0.15, -0.1) is 11.3 Å². The Balaban J connectivity index is 1.67. The van der Waals surface area contributed by atoms with Crippen LogP contribution in [0.3, 0.4) is 0 Å². The fraction of sp³-hybridized carbons (Fsp3) is 0.333. The summed E-state index contributed by atoms with van der Waals surface area (Å²) < 4.78 is 5.44. The van der Waals surface area contributed by atoms with Gasteiger partial charge in [0, 0.05) is 9.90 Å². The lowest BCUT2D eigenvalue weighted by atomic mass is 9.89. The van der Waals surface area contributed by atoms with Gasteiger partial charge in [-0.1, -0.05) is 24.6 Å². The SMILES string of the molecule is C[C@H]1CCc2c(sc(NC(=O)COc3cccc(Cl)c3)c2C#N)C1. The summed E-state index contributed by atoms with van der Waals surface area (Å²) in [6, 6.07) is 9.14. The smallest absolute Gasteiger partial charge is 0.262 e. The normalized spacial score (nSPS) is 16.1. The minimum absolute atomic E-state index is 0.121. The molecule has 0 fully saturated rings. The van der Waals surface area contributed by atoms with E-state index in [2.05, 4.69) is 18.3 Å². The molecule has 0 radical (unpaired) electrons. The molecule has 1 heterocycles. The number of nitrogens with one attached hydrogen (secondary N) is 1. The molecule has 0 spiro atoms. The van der Waals surface area contributed by atoms with E-state index in [9.17, 15) is 10.1 Å². The van der Waals surface area contributed by atoms with E-state index in [4.69, 9.17) is 16.3 Å². The van der Waals surface area contributed by atoms with Gasteiger partial charge < -0.3 is 10.1 Å². The summed E-state index contributed by atoms with van der Waals surface area (Å²) >= 11 is 7.40. The van der Waals surface area contributed by atoms with Crippen molar-refractivity contribution in [3.05, 3.63) is 45.3 Å². The average molecular weight is 361 g/mol. The van der Waals surface area contributed by atoms with Crippen molar-refractivity contribution in [3.63, 3.8) is 0 Å². The number of rotatable bonds is 4. The second kappa shape index (κ2) is 7.25. The molecule has 3 rings (SSSR count). The van der Waals surface area contributed by atoms with E-state index in [0.717, 1.165) is 24.8 Å². The maximum Gasteiger partial charge on any atom is 0.262 e. The first-order valence-electron chi connectivity index (χ1n) is 7.79. The van der Waals surface area contributed by atoms with Crippen LogP contribution in [-0.4, -0.2) is 12.5 Å². The maximum absolute atomic E-state index is 12.1. The first-order chi connectivity index (χ1) is 11.6. The van der Waals surface area contributed by atoms with E-state index in [0.29, 0.717) is 27.3 Å². The molecular weight excluding hydrogens is 344 g/mol. The molecule has 0 saturated heterocycles. The van der Waals surface area contributed by atoms with E-state index in [1.807, 2.05) is 0 Å². The van der Waals surface area contributed by atoms with Crippen molar-refractivity contribution in [2.75, 3.05) is 11.9 Å². The molecule has 1 aromatic carbocycles. The van der Waals surface area contributed by atoms with Crippen LogP contribution in [0.15, 0.2) is 24.3 Å². The molecule has 24 heavy (non-hydrogen) atoms. The summed E-state index contributed by atoms with van der Waals surface area (Å²) in [4.78, 5) is 13.4. The summed E-state index contributed by atoms with van der Waals surface area (Å²) in [6.45, 7) is 2.09. The molecule has 124 valence electrons. The average Bonchev–Trinajstić information content (AvgIpc) is 2.89. The molecule has 1 atom stereocenters. The van der Waals surface area contributed by atoms with Gasteiger partial charge in [0.2, 0.25) is 0 Å². The lowest BCUT2D eigenvalue weighted by Gasteiger charge is -2.17. The number of fused-ring (bicyclic) bond motifs is 1. The van der Waals surface area contributed by atoms with Gasteiger partial charge in [-0.25, -0.2) is 0 Å². The predicted molar refractivity (Wildman–Crippen MR) is 95.8 cm³/mol. The van der Waals surface area contributed by atoms with Crippen LogP contribution >= 0.6 is 22.9 Å². The maximum atomic E-state index is 12.1. The Labute approximate surface area is 150 Å². The Bertz CT molecular complexity index is 810. The summed E-state index contributed by atoms with van der Waals surface area (Å²) in [5, 5.41) is 13.4. The monoisotopic (exact) mass is 360 g/mol. The number of ether oxygens (including phenoxy) is 1. The largest absolute Gasteiger partial charge is 0.484 e. The summed E-state index contributed by atoms with van der Waals surface area (Å²) in [5.74, 6) is 0.882. The first kappa shape index (κ1) is 16.8. The Morgan fingerprint density at radius 2 is 2.38 bits per heavy atom. The van der Waals surface area contributed by atoms with Crippen LogP contribution in [-0.2, 0) is 17.6 Å². The number of nitrogens with zero attached hydrogens (tertiary/aromatic N) is 1. The van der Waals surface area contributed by atoms with Crippen LogP contribution in [0.4, 0.5) is 5.00 Å². The number of hydrogen-bond acceptors (Lipinski definition) is 4. The number of halogens is 1. The molecule has 1 aromatic heterocycles. The molecule has 2 aromatic rings. The van der Waals surface area contributed by atoms with E-state index in [-0.39, 0.29) is 12.5 Å². The van der Waals surface area contributed by atoms with Crippen LogP contribution < -0.4 is 10.1 Å².